The predicted octanol–water partition coefficient (Wildman–Crippen LogP) is 3.90. The number of nitro groups is 1. The van der Waals surface area contributed by atoms with E-state index < -0.39 is 11.0 Å². The molecule has 0 saturated carbocycles. The zero-order chi connectivity index (χ0) is 20.1. The monoisotopic (exact) mass is 396 g/mol. The second-order valence-electron chi connectivity index (χ2n) is 6.07. The Morgan fingerprint density at radius 1 is 1.29 bits per heavy atom. The van der Waals surface area contributed by atoms with Crippen LogP contribution in [0, 0.1) is 10.1 Å². The minimum atomic E-state index is -0.477. The van der Waals surface area contributed by atoms with Crippen molar-refractivity contribution >= 4 is 29.3 Å². The molecule has 0 spiro atoms. The molecule has 7 nitrogen and oxygen atoms in total. The first-order valence-electron chi connectivity index (χ1n) is 8.40. The summed E-state index contributed by atoms with van der Waals surface area (Å²) in [4.78, 5) is 27.2. The van der Waals surface area contributed by atoms with E-state index in [-0.39, 0.29) is 11.6 Å². The number of hydrogen-bond acceptors (Lipinski definition) is 4. The van der Waals surface area contributed by atoms with Gasteiger partial charge in [-0.3, -0.25) is 14.9 Å². The molecule has 1 heterocycles. The topological polar surface area (TPSA) is 90.1 Å². The van der Waals surface area contributed by atoms with Gasteiger partial charge in [-0.15, -0.1) is 0 Å². The number of nitrogens with one attached hydrogen (secondary N) is 1. The van der Waals surface area contributed by atoms with Gasteiger partial charge in [-0.1, -0.05) is 35.9 Å². The molecule has 2 aromatic carbocycles. The van der Waals surface area contributed by atoms with Gasteiger partial charge in [-0.25, -0.2) is 4.98 Å². The maximum absolute atomic E-state index is 12.5. The van der Waals surface area contributed by atoms with Crippen LogP contribution in [-0.2, 0) is 11.8 Å². The second-order valence-corrected chi connectivity index (χ2v) is 6.51. The average Bonchev–Trinajstić information content (AvgIpc) is 3.11. The first-order chi connectivity index (χ1) is 13.4. The highest BCUT2D eigenvalue weighted by Gasteiger charge is 2.19. The van der Waals surface area contributed by atoms with Crippen LogP contribution >= 0.6 is 11.6 Å². The fourth-order valence-corrected chi connectivity index (χ4v) is 2.84. The number of aryl methyl sites for hydroxylation is 1. The highest BCUT2D eigenvalue weighted by molar-refractivity contribution is 6.30. The molecular weight excluding hydrogens is 380 g/mol. The van der Waals surface area contributed by atoms with Crippen LogP contribution in [0.5, 0.6) is 0 Å². The van der Waals surface area contributed by atoms with Gasteiger partial charge in [0.2, 0.25) is 5.91 Å². The Balaban J connectivity index is 1.82. The molecule has 8 heteroatoms. The zero-order valence-electron chi connectivity index (χ0n) is 14.9. The third kappa shape index (κ3) is 4.63. The van der Waals surface area contributed by atoms with Crippen molar-refractivity contribution in [3.63, 3.8) is 0 Å². The van der Waals surface area contributed by atoms with Crippen LogP contribution in [0.1, 0.15) is 23.0 Å². The highest BCUT2D eigenvalue weighted by Crippen LogP contribution is 2.22. The number of benzene rings is 2. The number of amides is 1. The lowest BCUT2D eigenvalue weighted by Gasteiger charge is -2.18. The number of carbonyl (C=O) groups excluding carboxylic acids is 1. The van der Waals surface area contributed by atoms with E-state index in [0.717, 1.165) is 5.56 Å². The van der Waals surface area contributed by atoms with E-state index in [2.05, 4.69) is 10.3 Å². The first-order valence-corrected chi connectivity index (χ1v) is 8.77. The van der Waals surface area contributed by atoms with Crippen molar-refractivity contribution in [1.29, 1.82) is 0 Å². The highest BCUT2D eigenvalue weighted by atomic mass is 35.5. The molecule has 1 N–H and O–H groups in total. The molecule has 0 radical (unpaired) electrons. The fraction of sp³-hybridized carbons (Fsp3) is 0.100. The smallest absolute Gasteiger partial charge is 0.270 e. The van der Waals surface area contributed by atoms with E-state index >= 15 is 0 Å². The molecule has 0 saturated heterocycles. The molecule has 0 unspecified atom stereocenters. The third-order valence-electron chi connectivity index (χ3n) is 4.11. The Labute approximate surface area is 166 Å². The molecule has 1 atom stereocenters. The van der Waals surface area contributed by atoms with Crippen molar-refractivity contribution in [2.75, 3.05) is 0 Å². The SMILES string of the molecule is Cn1ccnc1[C@H](NC(=O)/C=C/c1cccc([N+](=O)[O-])c1)c1ccc(Cl)cc1. The summed E-state index contributed by atoms with van der Waals surface area (Å²) in [6.45, 7) is 0. The average molecular weight is 397 g/mol. The Morgan fingerprint density at radius 2 is 2.04 bits per heavy atom. The predicted molar refractivity (Wildman–Crippen MR) is 107 cm³/mol. The Hall–Kier alpha value is -3.45. The summed E-state index contributed by atoms with van der Waals surface area (Å²) in [5.74, 6) is 0.314. The quantitative estimate of drug-likeness (QED) is 0.388. The molecule has 3 rings (SSSR count). The van der Waals surface area contributed by atoms with Crippen molar-refractivity contribution in [2.45, 2.75) is 6.04 Å². The van der Waals surface area contributed by atoms with Gasteiger partial charge in [-0.05, 0) is 29.3 Å². The second kappa shape index (κ2) is 8.49. The van der Waals surface area contributed by atoms with Crippen molar-refractivity contribution in [3.05, 3.63) is 99.1 Å². The van der Waals surface area contributed by atoms with Crippen molar-refractivity contribution in [3.8, 4) is 0 Å². The van der Waals surface area contributed by atoms with Gasteiger partial charge in [0.1, 0.15) is 11.9 Å². The molecule has 3 aromatic rings. The van der Waals surface area contributed by atoms with Crippen LogP contribution < -0.4 is 5.32 Å². The molecule has 0 bridgehead atoms. The molecule has 0 aliphatic rings. The number of hydrogen-bond donors (Lipinski definition) is 1. The number of imidazole rings is 1. The number of rotatable bonds is 6. The number of carbonyl (C=O) groups is 1. The summed E-state index contributed by atoms with van der Waals surface area (Å²) in [5, 5.41) is 14.4. The van der Waals surface area contributed by atoms with Gasteiger partial charge in [0.25, 0.3) is 5.69 Å². The van der Waals surface area contributed by atoms with E-state index in [1.165, 1.54) is 24.3 Å². The number of non-ortho nitro benzene ring substituents is 1. The van der Waals surface area contributed by atoms with E-state index in [9.17, 15) is 14.9 Å². The van der Waals surface area contributed by atoms with Crippen LogP contribution in [0.4, 0.5) is 5.69 Å². The van der Waals surface area contributed by atoms with E-state index in [1.54, 1.807) is 36.7 Å². The van der Waals surface area contributed by atoms with E-state index in [1.807, 2.05) is 23.7 Å². The maximum Gasteiger partial charge on any atom is 0.270 e. The number of halogens is 1. The number of nitro benzene ring substituents is 1. The van der Waals surface area contributed by atoms with Crippen LogP contribution in [0.3, 0.4) is 0 Å². The molecule has 0 aliphatic carbocycles. The lowest BCUT2D eigenvalue weighted by molar-refractivity contribution is -0.384. The van der Waals surface area contributed by atoms with Crippen LogP contribution in [-0.4, -0.2) is 20.4 Å². The minimum absolute atomic E-state index is 0.0328. The van der Waals surface area contributed by atoms with Gasteiger partial charge in [0, 0.05) is 42.7 Å². The van der Waals surface area contributed by atoms with Crippen LogP contribution in [0.25, 0.3) is 6.08 Å². The van der Waals surface area contributed by atoms with Gasteiger partial charge >= 0.3 is 0 Å². The lowest BCUT2D eigenvalue weighted by Crippen LogP contribution is -2.29. The summed E-state index contributed by atoms with van der Waals surface area (Å²) in [6, 6.07) is 12.7. The number of nitrogens with zero attached hydrogens (tertiary/aromatic N) is 3. The molecule has 1 aromatic heterocycles. The van der Waals surface area contributed by atoms with E-state index in [4.69, 9.17) is 11.6 Å². The summed E-state index contributed by atoms with van der Waals surface area (Å²) in [5.41, 5.74) is 1.36. The molecule has 0 aliphatic heterocycles. The Bertz CT molecular complexity index is 1030. The summed E-state index contributed by atoms with van der Waals surface area (Å²) < 4.78 is 1.82. The molecular formula is C20H17ClN4O3. The standard InChI is InChI=1S/C20H17ClN4O3/c1-24-12-11-22-20(24)19(15-6-8-16(21)9-7-15)23-18(26)10-5-14-3-2-4-17(13-14)25(27)28/h2-13,19H,1H3,(H,23,26)/b10-5+/t19-/m1/s1. The normalized spacial score (nSPS) is 12.1. The third-order valence-corrected chi connectivity index (χ3v) is 4.37. The fourth-order valence-electron chi connectivity index (χ4n) is 2.71. The van der Waals surface area contributed by atoms with Crippen LogP contribution in [0.15, 0.2) is 67.0 Å². The molecule has 0 fully saturated rings. The van der Waals surface area contributed by atoms with Crippen molar-refractivity contribution in [1.82, 2.24) is 14.9 Å². The van der Waals surface area contributed by atoms with Crippen molar-refractivity contribution < 1.29 is 9.72 Å². The van der Waals surface area contributed by atoms with E-state index in [0.29, 0.717) is 16.4 Å². The summed E-state index contributed by atoms with van der Waals surface area (Å²) in [7, 11) is 1.84. The van der Waals surface area contributed by atoms with Gasteiger partial charge in [0.15, 0.2) is 0 Å². The van der Waals surface area contributed by atoms with Crippen LogP contribution in [0.2, 0.25) is 5.02 Å². The van der Waals surface area contributed by atoms with Crippen molar-refractivity contribution in [2.24, 2.45) is 7.05 Å². The van der Waals surface area contributed by atoms with Gasteiger partial charge in [0.05, 0.1) is 4.92 Å². The Kier molecular flexibility index (Phi) is 5.86. The summed E-state index contributed by atoms with van der Waals surface area (Å²) >= 11 is 5.96. The molecule has 142 valence electrons. The first kappa shape index (κ1) is 19.3. The zero-order valence-corrected chi connectivity index (χ0v) is 15.7. The summed E-state index contributed by atoms with van der Waals surface area (Å²) in [6.07, 6.45) is 6.32. The largest absolute Gasteiger partial charge is 0.339 e. The maximum atomic E-state index is 12.5. The Morgan fingerprint density at radius 3 is 2.68 bits per heavy atom. The van der Waals surface area contributed by atoms with Gasteiger partial charge < -0.3 is 9.88 Å². The molecule has 1 amide bonds. The molecule has 28 heavy (non-hydrogen) atoms. The number of aromatic nitrogens is 2. The minimum Gasteiger partial charge on any atom is -0.339 e. The van der Waals surface area contributed by atoms with Gasteiger partial charge in [-0.2, -0.15) is 0 Å². The lowest BCUT2D eigenvalue weighted by atomic mass is 10.1.